The van der Waals surface area contributed by atoms with Crippen LogP contribution in [0.2, 0.25) is 5.02 Å². The van der Waals surface area contributed by atoms with Crippen LogP contribution >= 0.6 is 11.6 Å². The van der Waals surface area contributed by atoms with Gasteiger partial charge in [0.1, 0.15) is 0 Å². The third kappa shape index (κ3) is 3.20. The lowest BCUT2D eigenvalue weighted by Crippen LogP contribution is -2.25. The number of rotatable bonds is 4. The van der Waals surface area contributed by atoms with Crippen molar-refractivity contribution in [1.82, 2.24) is 15.1 Å². The lowest BCUT2D eigenvalue weighted by Gasteiger charge is -2.07. The van der Waals surface area contributed by atoms with Crippen LogP contribution in [0, 0.1) is 13.8 Å². The summed E-state index contributed by atoms with van der Waals surface area (Å²) >= 11 is 6.05. The quantitative estimate of drug-likeness (QED) is 0.941. The smallest absolute Gasteiger partial charge is 0.224 e. The number of carbonyl (C=O) groups is 1. The summed E-state index contributed by atoms with van der Waals surface area (Å²) in [6, 6.07) is 7.39. The Hall–Kier alpha value is -1.81. The fraction of sp³-hybridized carbons (Fsp3) is 0.333. The van der Waals surface area contributed by atoms with Crippen molar-refractivity contribution < 1.29 is 4.79 Å². The average molecular weight is 292 g/mol. The maximum absolute atomic E-state index is 12.0. The predicted octanol–water partition coefficient (Wildman–Crippen LogP) is 2.55. The van der Waals surface area contributed by atoms with Crippen LogP contribution in [0.3, 0.4) is 0 Å². The molecule has 2 aromatic rings. The summed E-state index contributed by atoms with van der Waals surface area (Å²) in [6.07, 6.45) is 0.290. The van der Waals surface area contributed by atoms with E-state index in [2.05, 4.69) is 10.4 Å². The Morgan fingerprint density at radius 2 is 2.05 bits per heavy atom. The summed E-state index contributed by atoms with van der Waals surface area (Å²) < 4.78 is 1.82. The van der Waals surface area contributed by atoms with E-state index in [1.165, 1.54) is 0 Å². The van der Waals surface area contributed by atoms with Gasteiger partial charge in [-0.25, -0.2) is 0 Å². The van der Waals surface area contributed by atoms with E-state index in [0.717, 1.165) is 22.5 Å². The number of amides is 1. The normalized spacial score (nSPS) is 10.6. The lowest BCUT2D eigenvalue weighted by molar-refractivity contribution is -0.120. The third-order valence-electron chi connectivity index (χ3n) is 3.43. The summed E-state index contributed by atoms with van der Waals surface area (Å²) in [7, 11) is 1.90. The Kier molecular flexibility index (Phi) is 4.45. The van der Waals surface area contributed by atoms with Crippen molar-refractivity contribution >= 4 is 17.5 Å². The number of nitrogens with zero attached hydrogens (tertiary/aromatic N) is 2. The lowest BCUT2D eigenvalue weighted by atomic mass is 10.1. The first kappa shape index (κ1) is 14.6. The molecular formula is C15H18ClN3O. The number of hydrogen-bond donors (Lipinski definition) is 1. The Labute approximate surface area is 123 Å². The molecule has 4 nitrogen and oxygen atoms in total. The van der Waals surface area contributed by atoms with Gasteiger partial charge in [-0.1, -0.05) is 29.8 Å². The van der Waals surface area contributed by atoms with Crippen LogP contribution in [0.15, 0.2) is 24.3 Å². The monoisotopic (exact) mass is 291 g/mol. The molecule has 0 aliphatic heterocycles. The van der Waals surface area contributed by atoms with E-state index in [1.54, 1.807) is 6.07 Å². The van der Waals surface area contributed by atoms with Crippen LogP contribution in [-0.2, 0) is 24.8 Å². The van der Waals surface area contributed by atoms with Crippen LogP contribution < -0.4 is 5.32 Å². The van der Waals surface area contributed by atoms with Crippen molar-refractivity contribution in [3.63, 3.8) is 0 Å². The van der Waals surface area contributed by atoms with E-state index in [0.29, 0.717) is 11.6 Å². The van der Waals surface area contributed by atoms with E-state index >= 15 is 0 Å². The molecule has 1 N–H and O–H groups in total. The first-order chi connectivity index (χ1) is 9.49. The summed E-state index contributed by atoms with van der Waals surface area (Å²) in [4.78, 5) is 12.0. The van der Waals surface area contributed by atoms with Crippen molar-refractivity contribution in [2.75, 3.05) is 0 Å². The molecule has 106 valence electrons. The Bertz CT molecular complexity index is 634. The van der Waals surface area contributed by atoms with Crippen LogP contribution in [0.25, 0.3) is 0 Å². The topological polar surface area (TPSA) is 46.9 Å². The molecule has 0 fully saturated rings. The van der Waals surface area contributed by atoms with Crippen LogP contribution in [0.1, 0.15) is 22.5 Å². The largest absolute Gasteiger partial charge is 0.352 e. The molecule has 20 heavy (non-hydrogen) atoms. The molecule has 1 aromatic heterocycles. The average Bonchev–Trinajstić information content (AvgIpc) is 2.64. The highest BCUT2D eigenvalue weighted by molar-refractivity contribution is 6.31. The van der Waals surface area contributed by atoms with Crippen molar-refractivity contribution in [1.29, 1.82) is 0 Å². The number of halogens is 1. The fourth-order valence-corrected chi connectivity index (χ4v) is 2.34. The summed E-state index contributed by atoms with van der Waals surface area (Å²) in [5.74, 6) is -0.0410. The van der Waals surface area contributed by atoms with Gasteiger partial charge in [-0.2, -0.15) is 5.10 Å². The zero-order valence-electron chi connectivity index (χ0n) is 11.9. The predicted molar refractivity (Wildman–Crippen MR) is 79.7 cm³/mol. The van der Waals surface area contributed by atoms with Gasteiger partial charge in [-0.05, 0) is 25.5 Å². The highest BCUT2D eigenvalue weighted by atomic mass is 35.5. The van der Waals surface area contributed by atoms with Gasteiger partial charge in [0.15, 0.2) is 0 Å². The van der Waals surface area contributed by atoms with E-state index < -0.39 is 0 Å². The molecule has 1 aromatic carbocycles. The molecule has 0 atom stereocenters. The van der Waals surface area contributed by atoms with Crippen molar-refractivity contribution in [2.45, 2.75) is 26.8 Å². The van der Waals surface area contributed by atoms with Gasteiger partial charge in [0.25, 0.3) is 0 Å². The van der Waals surface area contributed by atoms with Crippen LogP contribution in [0.4, 0.5) is 0 Å². The molecule has 0 radical (unpaired) electrons. The number of benzene rings is 1. The molecule has 0 saturated carbocycles. The molecule has 0 spiro atoms. The highest BCUT2D eigenvalue weighted by Crippen LogP contribution is 2.15. The SMILES string of the molecule is Cc1nn(C)c(C)c1CNC(=O)Cc1ccccc1Cl. The second kappa shape index (κ2) is 6.09. The minimum Gasteiger partial charge on any atom is -0.352 e. The van der Waals surface area contributed by atoms with Gasteiger partial charge in [-0.15, -0.1) is 0 Å². The maximum Gasteiger partial charge on any atom is 0.224 e. The molecule has 0 unspecified atom stereocenters. The molecule has 5 heteroatoms. The number of hydrogen-bond acceptors (Lipinski definition) is 2. The standard InChI is InChI=1S/C15H18ClN3O/c1-10-13(11(2)19(3)18-10)9-17-15(20)8-12-6-4-5-7-14(12)16/h4-7H,8-9H2,1-3H3,(H,17,20). The summed E-state index contributed by atoms with van der Waals surface area (Å²) in [5.41, 5.74) is 3.93. The number of nitrogens with one attached hydrogen (secondary N) is 1. The molecule has 2 rings (SSSR count). The number of carbonyl (C=O) groups excluding carboxylic acids is 1. The molecule has 0 saturated heterocycles. The third-order valence-corrected chi connectivity index (χ3v) is 3.80. The van der Waals surface area contributed by atoms with E-state index in [9.17, 15) is 4.79 Å². The van der Waals surface area contributed by atoms with Crippen molar-refractivity contribution in [3.8, 4) is 0 Å². The first-order valence-corrected chi connectivity index (χ1v) is 6.86. The Morgan fingerprint density at radius 1 is 1.35 bits per heavy atom. The molecular weight excluding hydrogens is 274 g/mol. The van der Waals surface area contributed by atoms with Crippen molar-refractivity contribution in [3.05, 3.63) is 51.8 Å². The summed E-state index contributed by atoms with van der Waals surface area (Å²) in [5, 5.41) is 7.87. The van der Waals surface area contributed by atoms with Crippen molar-refractivity contribution in [2.24, 2.45) is 7.05 Å². The zero-order chi connectivity index (χ0) is 14.7. The van der Waals surface area contributed by atoms with E-state index in [4.69, 9.17) is 11.6 Å². The Balaban J connectivity index is 1.98. The highest BCUT2D eigenvalue weighted by Gasteiger charge is 2.11. The molecule has 0 aliphatic carbocycles. The van der Waals surface area contributed by atoms with Gasteiger partial charge >= 0.3 is 0 Å². The number of aromatic nitrogens is 2. The van der Waals surface area contributed by atoms with Gasteiger partial charge < -0.3 is 5.32 Å². The van der Waals surface area contributed by atoms with E-state index in [-0.39, 0.29) is 12.3 Å². The first-order valence-electron chi connectivity index (χ1n) is 6.48. The fourth-order valence-electron chi connectivity index (χ4n) is 2.14. The minimum absolute atomic E-state index is 0.0410. The molecule has 0 bridgehead atoms. The van der Waals surface area contributed by atoms with Crippen LogP contribution in [-0.4, -0.2) is 15.7 Å². The molecule has 1 amide bonds. The van der Waals surface area contributed by atoms with Crippen LogP contribution in [0.5, 0.6) is 0 Å². The number of aryl methyl sites for hydroxylation is 2. The maximum atomic E-state index is 12.0. The Morgan fingerprint density at radius 3 is 2.65 bits per heavy atom. The van der Waals surface area contributed by atoms with Gasteiger partial charge in [0.2, 0.25) is 5.91 Å². The second-order valence-electron chi connectivity index (χ2n) is 4.82. The van der Waals surface area contributed by atoms with E-state index in [1.807, 2.05) is 43.8 Å². The zero-order valence-corrected chi connectivity index (χ0v) is 12.7. The second-order valence-corrected chi connectivity index (χ2v) is 5.23. The van der Waals surface area contributed by atoms with Gasteiger partial charge in [0.05, 0.1) is 12.1 Å². The summed E-state index contributed by atoms with van der Waals surface area (Å²) in [6.45, 7) is 4.44. The molecule has 1 heterocycles. The minimum atomic E-state index is -0.0410. The van der Waals surface area contributed by atoms with Gasteiger partial charge in [0, 0.05) is 29.9 Å². The van der Waals surface area contributed by atoms with Gasteiger partial charge in [-0.3, -0.25) is 9.48 Å². The molecule has 0 aliphatic rings.